The lowest BCUT2D eigenvalue weighted by molar-refractivity contribution is 0.117. The number of aliphatic hydroxyl groups is 1. The van der Waals surface area contributed by atoms with Crippen LogP contribution in [0.2, 0.25) is 0 Å². The largest absolute Gasteiger partial charge is 0.396 e. The lowest BCUT2D eigenvalue weighted by atomic mass is 9.81. The van der Waals surface area contributed by atoms with E-state index < -0.39 is 0 Å². The van der Waals surface area contributed by atoms with Crippen molar-refractivity contribution in [1.29, 1.82) is 0 Å². The molecule has 1 atom stereocenters. The minimum atomic E-state index is 0.0144. The number of hydrogen-bond acceptors (Lipinski definition) is 2. The van der Waals surface area contributed by atoms with Gasteiger partial charge < -0.3 is 5.11 Å². The molecule has 1 unspecified atom stereocenters. The van der Waals surface area contributed by atoms with E-state index in [1.165, 1.54) is 18.5 Å². The Balaban J connectivity index is 2.29. The number of hydrogen-bond donors (Lipinski definition) is 1. The van der Waals surface area contributed by atoms with Gasteiger partial charge in [-0.15, -0.1) is 0 Å². The van der Waals surface area contributed by atoms with Gasteiger partial charge in [0.05, 0.1) is 15.9 Å². The lowest BCUT2D eigenvalue weighted by Gasteiger charge is -2.27. The number of aryl methyl sites for hydroxylation is 2. The van der Waals surface area contributed by atoms with Gasteiger partial charge >= 0.3 is 0 Å². The summed E-state index contributed by atoms with van der Waals surface area (Å²) >= 11 is 3.69. The van der Waals surface area contributed by atoms with E-state index in [1.54, 1.807) is 0 Å². The van der Waals surface area contributed by atoms with E-state index in [9.17, 15) is 5.11 Å². The van der Waals surface area contributed by atoms with Crippen LogP contribution in [0.4, 0.5) is 0 Å². The van der Waals surface area contributed by atoms with Gasteiger partial charge in [0.25, 0.3) is 0 Å². The molecular weight excluding hydrogens is 292 g/mol. The number of rotatable bonds is 6. The highest BCUT2D eigenvalue weighted by molar-refractivity contribution is 9.10. The van der Waals surface area contributed by atoms with Gasteiger partial charge in [-0.2, -0.15) is 5.10 Å². The van der Waals surface area contributed by atoms with Crippen molar-refractivity contribution in [1.82, 2.24) is 9.78 Å². The van der Waals surface area contributed by atoms with Crippen LogP contribution < -0.4 is 0 Å². The Morgan fingerprint density at radius 3 is 2.56 bits per heavy atom. The SMILES string of the molecule is CCc1nn(CC)c(CC(C)(CO)C2CC2)c1Br. The molecule has 102 valence electrons. The van der Waals surface area contributed by atoms with E-state index in [0.717, 1.165) is 29.6 Å². The van der Waals surface area contributed by atoms with E-state index >= 15 is 0 Å². The van der Waals surface area contributed by atoms with E-state index in [1.807, 2.05) is 0 Å². The third-order valence-corrected chi connectivity index (χ3v) is 5.10. The maximum Gasteiger partial charge on any atom is 0.0766 e. The average Bonchev–Trinajstić information content (AvgIpc) is 3.18. The number of halogens is 1. The van der Waals surface area contributed by atoms with Crippen LogP contribution in [0.1, 0.15) is 45.0 Å². The molecule has 0 amide bonds. The van der Waals surface area contributed by atoms with Crippen molar-refractivity contribution in [3.05, 3.63) is 15.9 Å². The zero-order valence-corrected chi connectivity index (χ0v) is 13.1. The fourth-order valence-electron chi connectivity index (χ4n) is 2.68. The maximum atomic E-state index is 9.73. The van der Waals surface area contributed by atoms with Crippen molar-refractivity contribution >= 4 is 15.9 Å². The second-order valence-electron chi connectivity index (χ2n) is 5.64. The molecule has 18 heavy (non-hydrogen) atoms. The Morgan fingerprint density at radius 1 is 1.44 bits per heavy atom. The molecule has 1 N–H and O–H groups in total. The number of nitrogens with zero attached hydrogens (tertiary/aromatic N) is 2. The van der Waals surface area contributed by atoms with Gasteiger partial charge in [-0.05, 0) is 59.9 Å². The van der Waals surface area contributed by atoms with Crippen molar-refractivity contribution < 1.29 is 5.11 Å². The fourth-order valence-corrected chi connectivity index (χ4v) is 3.38. The molecule has 0 saturated heterocycles. The predicted molar refractivity (Wildman–Crippen MR) is 76.6 cm³/mol. The van der Waals surface area contributed by atoms with Crippen molar-refractivity contribution in [2.45, 2.75) is 53.0 Å². The molecular formula is C14H23BrN2O. The molecule has 1 aromatic rings. The molecule has 1 aliphatic rings. The quantitative estimate of drug-likeness (QED) is 0.875. The highest BCUT2D eigenvalue weighted by atomic mass is 79.9. The first-order valence-electron chi connectivity index (χ1n) is 6.90. The van der Waals surface area contributed by atoms with Gasteiger partial charge in [-0.1, -0.05) is 13.8 Å². The van der Waals surface area contributed by atoms with Gasteiger partial charge in [0.15, 0.2) is 0 Å². The second kappa shape index (κ2) is 5.33. The first-order chi connectivity index (χ1) is 8.55. The first kappa shape index (κ1) is 14.1. The Hall–Kier alpha value is -0.350. The zero-order valence-electron chi connectivity index (χ0n) is 11.5. The summed E-state index contributed by atoms with van der Waals surface area (Å²) in [6.07, 6.45) is 4.38. The van der Waals surface area contributed by atoms with E-state index in [4.69, 9.17) is 0 Å². The summed E-state index contributed by atoms with van der Waals surface area (Å²) in [6, 6.07) is 0. The molecule has 2 rings (SSSR count). The van der Waals surface area contributed by atoms with Crippen LogP contribution in [0, 0.1) is 11.3 Å². The summed E-state index contributed by atoms with van der Waals surface area (Å²) in [5.41, 5.74) is 2.39. The van der Waals surface area contributed by atoms with Crippen molar-refractivity contribution in [2.75, 3.05) is 6.61 Å². The lowest BCUT2D eigenvalue weighted by Crippen LogP contribution is -2.28. The smallest absolute Gasteiger partial charge is 0.0766 e. The Morgan fingerprint density at radius 2 is 2.11 bits per heavy atom. The van der Waals surface area contributed by atoms with Crippen LogP contribution in [-0.4, -0.2) is 21.5 Å². The van der Waals surface area contributed by atoms with Crippen molar-refractivity contribution in [2.24, 2.45) is 11.3 Å². The standard InChI is InChI=1S/C14H23BrN2O/c1-4-11-13(15)12(17(5-2)16-11)8-14(3,9-18)10-6-7-10/h10,18H,4-9H2,1-3H3. The van der Waals surface area contributed by atoms with Gasteiger partial charge in [0, 0.05) is 13.2 Å². The number of aliphatic hydroxyl groups excluding tert-OH is 1. The van der Waals surface area contributed by atoms with Crippen LogP contribution >= 0.6 is 15.9 Å². The van der Waals surface area contributed by atoms with Crippen LogP contribution in [-0.2, 0) is 19.4 Å². The van der Waals surface area contributed by atoms with E-state index in [-0.39, 0.29) is 12.0 Å². The third kappa shape index (κ3) is 2.50. The Kier molecular flexibility index (Phi) is 4.17. The minimum Gasteiger partial charge on any atom is -0.396 e. The van der Waals surface area contributed by atoms with Gasteiger partial charge in [-0.25, -0.2) is 0 Å². The zero-order chi connectivity index (χ0) is 13.3. The normalized spacial score (nSPS) is 18.9. The molecule has 0 spiro atoms. The van der Waals surface area contributed by atoms with Gasteiger partial charge in [0.1, 0.15) is 0 Å². The fraction of sp³-hybridized carbons (Fsp3) is 0.786. The monoisotopic (exact) mass is 314 g/mol. The molecule has 3 nitrogen and oxygen atoms in total. The molecule has 1 aromatic heterocycles. The van der Waals surface area contributed by atoms with Gasteiger partial charge in [0.2, 0.25) is 0 Å². The first-order valence-corrected chi connectivity index (χ1v) is 7.70. The summed E-state index contributed by atoms with van der Waals surface area (Å²) in [6.45, 7) is 7.61. The highest BCUT2D eigenvalue weighted by Crippen LogP contribution is 2.47. The van der Waals surface area contributed by atoms with Crippen LogP contribution in [0.25, 0.3) is 0 Å². The number of aromatic nitrogens is 2. The van der Waals surface area contributed by atoms with Gasteiger partial charge in [-0.3, -0.25) is 4.68 Å². The van der Waals surface area contributed by atoms with Crippen LogP contribution in [0.3, 0.4) is 0 Å². The molecule has 0 bridgehead atoms. The predicted octanol–water partition coefficient (Wildman–Crippen LogP) is 3.18. The van der Waals surface area contributed by atoms with E-state index in [2.05, 4.69) is 46.5 Å². The molecule has 1 heterocycles. The molecule has 1 fully saturated rings. The summed E-state index contributed by atoms with van der Waals surface area (Å²) in [7, 11) is 0. The van der Waals surface area contributed by atoms with E-state index in [0.29, 0.717) is 5.92 Å². The second-order valence-corrected chi connectivity index (χ2v) is 6.43. The summed E-state index contributed by atoms with van der Waals surface area (Å²) < 4.78 is 3.23. The van der Waals surface area contributed by atoms with Crippen LogP contribution in [0.15, 0.2) is 4.47 Å². The summed E-state index contributed by atoms with van der Waals surface area (Å²) in [5, 5.41) is 14.4. The van der Waals surface area contributed by atoms with Crippen molar-refractivity contribution in [3.63, 3.8) is 0 Å². The molecule has 1 saturated carbocycles. The average molecular weight is 315 g/mol. The molecule has 0 radical (unpaired) electrons. The summed E-state index contributed by atoms with van der Waals surface area (Å²) in [4.78, 5) is 0. The Labute approximate surface area is 118 Å². The minimum absolute atomic E-state index is 0.0144. The maximum absolute atomic E-state index is 9.73. The molecule has 1 aliphatic carbocycles. The van der Waals surface area contributed by atoms with Crippen molar-refractivity contribution in [3.8, 4) is 0 Å². The molecule has 0 aromatic carbocycles. The summed E-state index contributed by atoms with van der Waals surface area (Å²) in [5.74, 6) is 0.680. The molecule has 0 aliphatic heterocycles. The van der Waals surface area contributed by atoms with Crippen LogP contribution in [0.5, 0.6) is 0 Å². The topological polar surface area (TPSA) is 38.0 Å². The Bertz CT molecular complexity index is 426. The third-order valence-electron chi connectivity index (χ3n) is 4.19. The highest BCUT2D eigenvalue weighted by Gasteiger charge is 2.42. The molecule has 4 heteroatoms.